The van der Waals surface area contributed by atoms with Crippen molar-refractivity contribution in [2.75, 3.05) is 12.4 Å². The summed E-state index contributed by atoms with van der Waals surface area (Å²) >= 11 is 0. The van der Waals surface area contributed by atoms with Crippen LogP contribution in [0.5, 0.6) is 5.75 Å². The fraction of sp³-hybridized carbons (Fsp3) is 0.0500. The summed E-state index contributed by atoms with van der Waals surface area (Å²) in [5.41, 5.74) is 1.24. The Hall–Kier alpha value is -3.94. The lowest BCUT2D eigenvalue weighted by Gasteiger charge is -2.05. The Bertz CT molecular complexity index is 1130. The predicted octanol–water partition coefficient (Wildman–Crippen LogP) is 4.31. The zero-order valence-electron chi connectivity index (χ0n) is 14.6. The number of rotatable bonds is 4. The van der Waals surface area contributed by atoms with Gasteiger partial charge in [0.05, 0.1) is 12.8 Å². The molecule has 0 fully saturated rings. The number of halogens is 1. The quantitative estimate of drug-likeness (QED) is 0.656. The molecule has 140 valence electrons. The standard InChI is InChI=1S/C20H14FN3O4/c1-27-20(26)16-17(25)15(9-11-10-23-18-12(11)5-4-8-22-18)28-19(16)24-14-7-3-2-6-13(14)21/h2-10,24-25H,1H3/b11-9+. The minimum atomic E-state index is -0.827. The van der Waals surface area contributed by atoms with E-state index in [0.717, 1.165) is 5.56 Å². The number of aromatic nitrogens is 1. The molecule has 0 bridgehead atoms. The van der Waals surface area contributed by atoms with Gasteiger partial charge in [0.1, 0.15) is 5.82 Å². The number of nitrogens with one attached hydrogen (secondary N) is 1. The zero-order valence-corrected chi connectivity index (χ0v) is 14.6. The van der Waals surface area contributed by atoms with Crippen LogP contribution in [0.25, 0.3) is 11.6 Å². The molecule has 0 aliphatic carbocycles. The van der Waals surface area contributed by atoms with Crippen LogP contribution < -0.4 is 5.32 Å². The Balaban J connectivity index is 1.79. The van der Waals surface area contributed by atoms with Crippen molar-refractivity contribution in [3.8, 4) is 5.75 Å². The van der Waals surface area contributed by atoms with Gasteiger partial charge in [-0.25, -0.2) is 19.2 Å². The molecule has 0 saturated carbocycles. The van der Waals surface area contributed by atoms with Gasteiger partial charge in [-0.1, -0.05) is 12.1 Å². The molecule has 1 aliphatic rings. The number of carbonyl (C=O) groups is 1. The third-order valence-electron chi connectivity index (χ3n) is 4.13. The highest BCUT2D eigenvalue weighted by molar-refractivity contribution is 6.21. The number of ether oxygens (including phenoxy) is 1. The van der Waals surface area contributed by atoms with Gasteiger partial charge in [-0.15, -0.1) is 0 Å². The first-order chi connectivity index (χ1) is 13.6. The normalized spacial score (nSPS) is 13.6. The van der Waals surface area contributed by atoms with Crippen LogP contribution >= 0.6 is 0 Å². The molecule has 0 amide bonds. The first-order valence-electron chi connectivity index (χ1n) is 8.25. The van der Waals surface area contributed by atoms with Gasteiger partial charge in [0, 0.05) is 23.5 Å². The van der Waals surface area contributed by atoms with Crippen molar-refractivity contribution < 1.29 is 23.4 Å². The topological polar surface area (TPSA) is 97.0 Å². The third kappa shape index (κ3) is 3.01. The van der Waals surface area contributed by atoms with Crippen LogP contribution in [0.3, 0.4) is 0 Å². The number of hydrogen-bond donors (Lipinski definition) is 2. The van der Waals surface area contributed by atoms with Gasteiger partial charge in [0.2, 0.25) is 5.88 Å². The average Bonchev–Trinajstić information content (AvgIpc) is 3.25. The molecule has 2 aromatic heterocycles. The second-order valence-electron chi connectivity index (χ2n) is 5.85. The van der Waals surface area contributed by atoms with Crippen molar-refractivity contribution in [1.29, 1.82) is 0 Å². The second-order valence-corrected chi connectivity index (χ2v) is 5.85. The largest absolute Gasteiger partial charge is 0.504 e. The number of para-hydroxylation sites is 1. The van der Waals surface area contributed by atoms with Crippen molar-refractivity contribution in [1.82, 2.24) is 4.98 Å². The van der Waals surface area contributed by atoms with Gasteiger partial charge in [-0.2, -0.15) is 0 Å². The molecule has 3 heterocycles. The van der Waals surface area contributed by atoms with E-state index in [9.17, 15) is 14.3 Å². The lowest BCUT2D eigenvalue weighted by atomic mass is 10.1. The highest BCUT2D eigenvalue weighted by Gasteiger charge is 2.27. The van der Waals surface area contributed by atoms with Crippen LogP contribution in [0.1, 0.15) is 21.7 Å². The summed E-state index contributed by atoms with van der Waals surface area (Å²) in [5, 5.41) is 13.2. The molecule has 1 aliphatic heterocycles. The zero-order chi connectivity index (χ0) is 19.7. The number of allylic oxidation sites excluding steroid dienone is 1. The van der Waals surface area contributed by atoms with Crippen molar-refractivity contribution in [3.05, 3.63) is 65.3 Å². The van der Waals surface area contributed by atoms with Gasteiger partial charge in [0.25, 0.3) is 0 Å². The number of anilines is 2. The average molecular weight is 379 g/mol. The fourth-order valence-electron chi connectivity index (χ4n) is 2.78. The first kappa shape index (κ1) is 17.5. The number of benzene rings is 1. The Labute approximate surface area is 158 Å². The van der Waals surface area contributed by atoms with Crippen LogP contribution in [-0.2, 0) is 4.74 Å². The number of methoxy groups -OCH3 is 1. The van der Waals surface area contributed by atoms with Gasteiger partial charge >= 0.3 is 5.97 Å². The highest BCUT2D eigenvalue weighted by atomic mass is 19.1. The maximum absolute atomic E-state index is 14.0. The van der Waals surface area contributed by atoms with E-state index >= 15 is 0 Å². The van der Waals surface area contributed by atoms with E-state index in [-0.39, 0.29) is 22.9 Å². The van der Waals surface area contributed by atoms with Crippen LogP contribution in [-0.4, -0.2) is 29.4 Å². The molecule has 3 aromatic rings. The monoisotopic (exact) mass is 379 g/mol. The van der Waals surface area contributed by atoms with E-state index in [2.05, 4.69) is 15.3 Å². The maximum Gasteiger partial charge on any atom is 0.347 e. The van der Waals surface area contributed by atoms with Crippen molar-refractivity contribution in [2.45, 2.75) is 0 Å². The first-order valence-corrected chi connectivity index (χ1v) is 8.25. The summed E-state index contributed by atoms with van der Waals surface area (Å²) in [6, 6.07) is 9.45. The molecule has 1 aromatic carbocycles. The van der Waals surface area contributed by atoms with Crippen molar-refractivity contribution >= 4 is 41.2 Å². The summed E-state index contributed by atoms with van der Waals surface area (Å²) in [6.07, 6.45) is 4.71. The van der Waals surface area contributed by atoms with E-state index in [1.54, 1.807) is 24.5 Å². The number of furan rings is 1. The highest BCUT2D eigenvalue weighted by Crippen LogP contribution is 2.39. The second kappa shape index (κ2) is 6.99. The number of aromatic hydroxyl groups is 1. The number of hydrogen-bond acceptors (Lipinski definition) is 7. The Kier molecular flexibility index (Phi) is 4.36. The summed E-state index contributed by atoms with van der Waals surface area (Å²) in [7, 11) is 1.17. The lowest BCUT2D eigenvalue weighted by Crippen LogP contribution is -2.04. The van der Waals surface area contributed by atoms with Crippen LogP contribution in [0.15, 0.2) is 52.0 Å². The molecule has 0 spiro atoms. The Morgan fingerprint density at radius 2 is 2.11 bits per heavy atom. The number of pyridine rings is 1. The molecule has 28 heavy (non-hydrogen) atoms. The maximum atomic E-state index is 14.0. The summed E-state index contributed by atoms with van der Waals surface area (Å²) in [5.74, 6) is -1.40. The van der Waals surface area contributed by atoms with Crippen LogP contribution in [0.2, 0.25) is 0 Å². The minimum Gasteiger partial charge on any atom is -0.504 e. The van der Waals surface area contributed by atoms with E-state index in [1.165, 1.54) is 31.4 Å². The fourth-order valence-corrected chi connectivity index (χ4v) is 2.78. The third-order valence-corrected chi connectivity index (χ3v) is 4.13. The summed E-state index contributed by atoms with van der Waals surface area (Å²) in [4.78, 5) is 20.5. The SMILES string of the molecule is COC(=O)c1c(Nc2ccccc2F)oc(/C=C2\C=Nc3ncccc32)c1O. The number of aliphatic imine (C=N–C) groups is 1. The number of nitrogens with zero attached hydrogens (tertiary/aromatic N) is 2. The number of fused-ring (bicyclic) bond motifs is 1. The summed E-state index contributed by atoms with van der Waals surface area (Å²) in [6.45, 7) is 0. The number of carbonyl (C=O) groups excluding carboxylic acids is 1. The number of esters is 1. The molecule has 0 unspecified atom stereocenters. The molecule has 0 atom stereocenters. The molecule has 2 N–H and O–H groups in total. The van der Waals surface area contributed by atoms with Gasteiger partial charge in [0.15, 0.2) is 22.9 Å². The van der Waals surface area contributed by atoms with Crippen molar-refractivity contribution in [2.24, 2.45) is 4.99 Å². The van der Waals surface area contributed by atoms with Crippen molar-refractivity contribution in [3.63, 3.8) is 0 Å². The molecule has 0 radical (unpaired) electrons. The molecular weight excluding hydrogens is 365 g/mol. The van der Waals surface area contributed by atoms with E-state index in [0.29, 0.717) is 11.4 Å². The van der Waals surface area contributed by atoms with E-state index in [1.807, 2.05) is 6.07 Å². The van der Waals surface area contributed by atoms with Crippen LogP contribution in [0.4, 0.5) is 21.8 Å². The molecule has 0 saturated heterocycles. The van der Waals surface area contributed by atoms with E-state index < -0.39 is 17.5 Å². The van der Waals surface area contributed by atoms with Gasteiger partial charge in [-0.05, 0) is 30.3 Å². The van der Waals surface area contributed by atoms with E-state index in [4.69, 9.17) is 9.15 Å². The molecule has 4 rings (SSSR count). The van der Waals surface area contributed by atoms with Crippen LogP contribution in [0, 0.1) is 5.82 Å². The molecule has 8 heteroatoms. The summed E-state index contributed by atoms with van der Waals surface area (Å²) < 4.78 is 24.3. The molecule has 7 nitrogen and oxygen atoms in total. The Morgan fingerprint density at radius 1 is 1.29 bits per heavy atom. The van der Waals surface area contributed by atoms with Gasteiger partial charge in [-0.3, -0.25) is 0 Å². The predicted molar refractivity (Wildman–Crippen MR) is 102 cm³/mol. The molecular formula is C20H14FN3O4. The minimum absolute atomic E-state index is 0.00241. The smallest absolute Gasteiger partial charge is 0.347 e. The lowest BCUT2D eigenvalue weighted by molar-refractivity contribution is 0.0598. The van der Waals surface area contributed by atoms with Gasteiger partial charge < -0.3 is 19.6 Å². The Morgan fingerprint density at radius 3 is 2.89 bits per heavy atom.